The lowest BCUT2D eigenvalue weighted by Crippen LogP contribution is -2.29. The largest absolute Gasteiger partial charge is 0.507 e. The van der Waals surface area contributed by atoms with Gasteiger partial charge in [-0.15, -0.1) is 0 Å². The average Bonchev–Trinajstić information content (AvgIpc) is 3.26. The first-order chi connectivity index (χ1) is 15.2. The van der Waals surface area contributed by atoms with Crippen molar-refractivity contribution in [3.8, 4) is 0 Å². The first-order valence-electron chi connectivity index (χ1n) is 10.1. The minimum atomic E-state index is -0.859. The smallest absolute Gasteiger partial charge is 0.301 e. The highest BCUT2D eigenvalue weighted by molar-refractivity contribution is 7.18. The van der Waals surface area contributed by atoms with Gasteiger partial charge in [-0.3, -0.25) is 19.3 Å². The maximum absolute atomic E-state index is 13.2. The fourth-order valence-electron chi connectivity index (χ4n) is 3.77. The number of amides is 1. The summed E-state index contributed by atoms with van der Waals surface area (Å²) in [7, 11) is 0. The molecule has 2 heterocycles. The van der Waals surface area contributed by atoms with E-state index in [2.05, 4.69) is 4.98 Å². The monoisotopic (exact) mass is 446 g/mol. The summed E-state index contributed by atoms with van der Waals surface area (Å²) in [5.74, 6) is -1.97. The highest BCUT2D eigenvalue weighted by Gasteiger charge is 2.48. The van der Waals surface area contributed by atoms with Crippen molar-refractivity contribution in [3.05, 3.63) is 86.9 Å². The summed E-state index contributed by atoms with van der Waals surface area (Å²) in [5.41, 5.74) is 3.65. The highest BCUT2D eigenvalue weighted by atomic mass is 32.1. The van der Waals surface area contributed by atoms with E-state index < -0.39 is 17.7 Å². The molecule has 1 atom stereocenters. The van der Waals surface area contributed by atoms with Crippen LogP contribution in [0.5, 0.6) is 0 Å². The molecule has 0 aliphatic carbocycles. The van der Waals surface area contributed by atoms with Crippen LogP contribution in [0.3, 0.4) is 0 Å². The number of anilines is 1. The Morgan fingerprint density at radius 3 is 2.06 bits per heavy atom. The molecule has 1 saturated heterocycles. The van der Waals surface area contributed by atoms with Crippen molar-refractivity contribution in [1.82, 2.24) is 4.98 Å². The van der Waals surface area contributed by atoms with Crippen LogP contribution in [0.25, 0.3) is 5.76 Å². The number of carbonyl (C=O) groups excluding carboxylic acids is 3. The molecule has 2 aromatic carbocycles. The van der Waals surface area contributed by atoms with Gasteiger partial charge in [0.2, 0.25) is 0 Å². The second-order valence-corrected chi connectivity index (χ2v) is 8.89. The van der Waals surface area contributed by atoms with Crippen LogP contribution in [-0.4, -0.2) is 27.6 Å². The van der Waals surface area contributed by atoms with Gasteiger partial charge in [0.1, 0.15) is 5.76 Å². The van der Waals surface area contributed by atoms with E-state index in [1.165, 1.54) is 11.8 Å². The maximum atomic E-state index is 13.2. The van der Waals surface area contributed by atoms with Gasteiger partial charge in [0.15, 0.2) is 10.9 Å². The number of rotatable bonds is 4. The average molecular weight is 447 g/mol. The molecule has 1 aromatic heterocycles. The third-order valence-electron chi connectivity index (χ3n) is 5.47. The van der Waals surface area contributed by atoms with Crippen LogP contribution < -0.4 is 4.90 Å². The molecular weight excluding hydrogens is 424 g/mol. The van der Waals surface area contributed by atoms with Gasteiger partial charge in [-0.05, 0) is 26.3 Å². The molecule has 6 nitrogen and oxygen atoms in total. The zero-order valence-electron chi connectivity index (χ0n) is 18.2. The second kappa shape index (κ2) is 8.16. The van der Waals surface area contributed by atoms with Crippen LogP contribution in [0.15, 0.2) is 54.1 Å². The standard InChI is InChI=1S/C25H22N2O4S/c1-13-5-9-17(10-6-13)20-19(21(29)18-11-7-14(2)8-12-18)22(30)24(31)27(20)25-26-15(3)23(32-25)16(4)28/h5-12,20,29H,1-4H3. The van der Waals surface area contributed by atoms with Gasteiger partial charge in [0, 0.05) is 12.5 Å². The normalized spacial score (nSPS) is 17.8. The molecule has 1 N–H and O–H groups in total. The van der Waals surface area contributed by atoms with Gasteiger partial charge in [-0.2, -0.15) is 0 Å². The van der Waals surface area contributed by atoms with Gasteiger partial charge in [0.25, 0.3) is 5.78 Å². The minimum Gasteiger partial charge on any atom is -0.507 e. The summed E-state index contributed by atoms with van der Waals surface area (Å²) < 4.78 is 0. The molecule has 0 radical (unpaired) electrons. The molecule has 1 unspecified atom stereocenters. The molecule has 3 aromatic rings. The number of ketones is 2. The Hall–Kier alpha value is -3.58. The molecule has 0 bridgehead atoms. The van der Waals surface area contributed by atoms with Gasteiger partial charge >= 0.3 is 5.91 Å². The Morgan fingerprint density at radius 1 is 0.969 bits per heavy atom. The summed E-state index contributed by atoms with van der Waals surface area (Å²) in [4.78, 5) is 44.4. The number of hydrogen-bond donors (Lipinski definition) is 1. The summed E-state index contributed by atoms with van der Waals surface area (Å²) >= 11 is 1.07. The third-order valence-corrected chi connectivity index (χ3v) is 6.73. The molecule has 1 amide bonds. The second-order valence-electron chi connectivity index (χ2n) is 7.91. The first-order valence-corrected chi connectivity index (χ1v) is 10.9. The molecule has 0 spiro atoms. The van der Waals surface area contributed by atoms with Crippen molar-refractivity contribution in [2.75, 3.05) is 4.90 Å². The number of aliphatic hydroxyl groups is 1. The number of aliphatic hydroxyl groups excluding tert-OH is 1. The predicted octanol–water partition coefficient (Wildman–Crippen LogP) is 4.90. The predicted molar refractivity (Wildman–Crippen MR) is 124 cm³/mol. The number of nitrogens with zero attached hydrogens (tertiary/aromatic N) is 2. The molecule has 32 heavy (non-hydrogen) atoms. The summed E-state index contributed by atoms with van der Waals surface area (Å²) in [6.45, 7) is 7.00. The van der Waals surface area contributed by atoms with E-state index in [4.69, 9.17) is 0 Å². The lowest BCUT2D eigenvalue weighted by Gasteiger charge is -2.23. The summed E-state index contributed by atoms with van der Waals surface area (Å²) in [6.07, 6.45) is 0. The summed E-state index contributed by atoms with van der Waals surface area (Å²) in [6, 6.07) is 13.6. The number of Topliss-reactive ketones (excluding diaryl/α,β-unsaturated/α-hetero) is 2. The molecule has 1 aliphatic heterocycles. The molecule has 1 fully saturated rings. The number of benzene rings is 2. The number of aryl methyl sites for hydroxylation is 3. The van der Waals surface area contributed by atoms with Crippen molar-refractivity contribution in [3.63, 3.8) is 0 Å². The van der Waals surface area contributed by atoms with Crippen LogP contribution in [-0.2, 0) is 9.59 Å². The molecule has 0 saturated carbocycles. The van der Waals surface area contributed by atoms with Gasteiger partial charge in [-0.25, -0.2) is 4.98 Å². The van der Waals surface area contributed by atoms with Crippen molar-refractivity contribution in [1.29, 1.82) is 0 Å². The third kappa shape index (κ3) is 3.65. The zero-order valence-corrected chi connectivity index (χ0v) is 19.0. The van der Waals surface area contributed by atoms with E-state index in [0.29, 0.717) is 21.7 Å². The fraction of sp³-hybridized carbons (Fsp3) is 0.200. The number of carbonyl (C=O) groups is 3. The Labute approximate surface area is 189 Å². The van der Waals surface area contributed by atoms with Crippen molar-refractivity contribution >= 4 is 39.7 Å². The zero-order chi connectivity index (χ0) is 23.2. The molecule has 1 aliphatic rings. The number of aromatic nitrogens is 1. The Bertz CT molecular complexity index is 1270. The van der Waals surface area contributed by atoms with Gasteiger partial charge in [-0.1, -0.05) is 71.0 Å². The van der Waals surface area contributed by atoms with Crippen LogP contribution in [0.1, 0.15) is 50.6 Å². The number of thiazole rings is 1. The van der Waals surface area contributed by atoms with E-state index in [0.717, 1.165) is 22.5 Å². The van der Waals surface area contributed by atoms with E-state index in [1.54, 1.807) is 19.1 Å². The highest BCUT2D eigenvalue weighted by Crippen LogP contribution is 2.43. The van der Waals surface area contributed by atoms with Crippen LogP contribution in [0.4, 0.5) is 5.13 Å². The molecule has 4 rings (SSSR count). The molecule has 162 valence electrons. The number of hydrogen-bond acceptors (Lipinski definition) is 6. The Morgan fingerprint density at radius 2 is 1.53 bits per heavy atom. The Balaban J connectivity index is 1.94. The van der Waals surface area contributed by atoms with E-state index in [9.17, 15) is 19.5 Å². The first kappa shape index (κ1) is 21.6. The van der Waals surface area contributed by atoms with Gasteiger partial charge in [0.05, 0.1) is 22.2 Å². The minimum absolute atomic E-state index is 0.0000609. The topological polar surface area (TPSA) is 87.6 Å². The van der Waals surface area contributed by atoms with Crippen LogP contribution >= 0.6 is 11.3 Å². The van der Waals surface area contributed by atoms with E-state index in [1.807, 2.05) is 50.2 Å². The lowest BCUT2D eigenvalue weighted by molar-refractivity contribution is -0.132. The van der Waals surface area contributed by atoms with Crippen LogP contribution in [0, 0.1) is 20.8 Å². The summed E-state index contributed by atoms with van der Waals surface area (Å²) in [5, 5.41) is 11.4. The van der Waals surface area contributed by atoms with Crippen LogP contribution in [0.2, 0.25) is 0 Å². The maximum Gasteiger partial charge on any atom is 0.301 e. The SMILES string of the molecule is CC(=O)c1sc(N2C(=O)C(=O)C(=C(O)c3ccc(C)cc3)C2c2ccc(C)cc2)nc1C. The van der Waals surface area contributed by atoms with Gasteiger partial charge < -0.3 is 5.11 Å². The lowest BCUT2D eigenvalue weighted by atomic mass is 9.94. The van der Waals surface area contributed by atoms with E-state index >= 15 is 0 Å². The Kier molecular flexibility index (Phi) is 5.52. The molecule has 7 heteroatoms. The van der Waals surface area contributed by atoms with E-state index in [-0.39, 0.29) is 22.2 Å². The fourth-order valence-corrected chi connectivity index (χ4v) is 4.76. The quantitative estimate of drug-likeness (QED) is 0.267. The van der Waals surface area contributed by atoms with Crippen molar-refractivity contribution < 1.29 is 19.5 Å². The van der Waals surface area contributed by atoms with Crippen molar-refractivity contribution in [2.45, 2.75) is 33.7 Å². The van der Waals surface area contributed by atoms with Crippen molar-refractivity contribution in [2.24, 2.45) is 0 Å². The molecular formula is C25H22N2O4S.